The molecule has 1 aliphatic heterocycles. The smallest absolute Gasteiger partial charge is 0.129 e. The minimum Gasteiger partial charge on any atom is -0.326 e. The molecule has 0 bridgehead atoms. The van der Waals surface area contributed by atoms with E-state index in [2.05, 4.69) is 4.90 Å². The van der Waals surface area contributed by atoms with Crippen molar-refractivity contribution in [2.24, 2.45) is 5.73 Å². The van der Waals surface area contributed by atoms with Gasteiger partial charge in [0, 0.05) is 16.6 Å². The number of halogens is 2. The Hall–Kier alpha value is -0.640. The summed E-state index contributed by atoms with van der Waals surface area (Å²) in [5, 5.41) is 0.424. The molecule has 1 saturated heterocycles. The average Bonchev–Trinajstić information content (AvgIpc) is 2.20. The molecule has 2 N–H and O–H groups in total. The van der Waals surface area contributed by atoms with Crippen molar-refractivity contribution in [1.29, 1.82) is 0 Å². The van der Waals surface area contributed by atoms with Gasteiger partial charge in [0.05, 0.1) is 6.04 Å². The Labute approximate surface area is 100 Å². The van der Waals surface area contributed by atoms with Gasteiger partial charge in [0.1, 0.15) is 5.82 Å². The lowest BCUT2D eigenvalue weighted by Crippen LogP contribution is -2.44. The first-order chi connectivity index (χ1) is 7.59. The van der Waals surface area contributed by atoms with Crippen molar-refractivity contribution < 1.29 is 4.39 Å². The highest BCUT2D eigenvalue weighted by atomic mass is 35.5. The van der Waals surface area contributed by atoms with Crippen LogP contribution >= 0.6 is 11.6 Å². The standard InChI is InChI=1S/C12H16ClFN2/c1-16-6-2-3-11(15)12(16)9-5-4-8(13)7-10(9)14/h4-5,7,11-12H,2-3,6,15H2,1H3. The molecule has 0 radical (unpaired) electrons. The molecule has 0 spiro atoms. The lowest BCUT2D eigenvalue weighted by Gasteiger charge is -2.37. The van der Waals surface area contributed by atoms with Crippen molar-refractivity contribution in [3.63, 3.8) is 0 Å². The van der Waals surface area contributed by atoms with Gasteiger partial charge in [0.15, 0.2) is 0 Å². The molecule has 1 fully saturated rings. The first kappa shape index (κ1) is 11.8. The molecule has 0 amide bonds. The lowest BCUT2D eigenvalue weighted by atomic mass is 9.91. The van der Waals surface area contributed by atoms with Gasteiger partial charge in [-0.3, -0.25) is 4.90 Å². The Morgan fingerprint density at radius 1 is 1.50 bits per heavy atom. The quantitative estimate of drug-likeness (QED) is 0.820. The molecule has 2 rings (SSSR count). The van der Waals surface area contributed by atoms with Crippen LogP contribution in [0.15, 0.2) is 18.2 Å². The molecule has 16 heavy (non-hydrogen) atoms. The topological polar surface area (TPSA) is 29.3 Å². The second-order valence-electron chi connectivity index (χ2n) is 4.40. The van der Waals surface area contributed by atoms with Crippen LogP contribution in [0.4, 0.5) is 4.39 Å². The molecule has 1 heterocycles. The first-order valence-corrected chi connectivity index (χ1v) is 5.88. The minimum absolute atomic E-state index is 0.00516. The average molecular weight is 243 g/mol. The molecule has 2 nitrogen and oxygen atoms in total. The highest BCUT2D eigenvalue weighted by molar-refractivity contribution is 6.30. The molecule has 1 aromatic carbocycles. The minimum atomic E-state index is -0.262. The van der Waals surface area contributed by atoms with Gasteiger partial charge in [-0.15, -0.1) is 0 Å². The third-order valence-corrected chi connectivity index (χ3v) is 3.44. The van der Waals surface area contributed by atoms with Gasteiger partial charge in [-0.25, -0.2) is 4.39 Å². The van der Waals surface area contributed by atoms with Gasteiger partial charge >= 0.3 is 0 Å². The molecule has 0 saturated carbocycles. The fraction of sp³-hybridized carbons (Fsp3) is 0.500. The van der Waals surface area contributed by atoms with Gasteiger partial charge in [0.25, 0.3) is 0 Å². The van der Waals surface area contributed by atoms with Crippen molar-refractivity contribution >= 4 is 11.6 Å². The number of hydrogen-bond acceptors (Lipinski definition) is 2. The van der Waals surface area contributed by atoms with Crippen LogP contribution in [0.25, 0.3) is 0 Å². The number of nitrogens with two attached hydrogens (primary N) is 1. The van der Waals surface area contributed by atoms with E-state index in [1.807, 2.05) is 7.05 Å². The van der Waals surface area contributed by atoms with Crippen molar-refractivity contribution in [2.75, 3.05) is 13.6 Å². The largest absolute Gasteiger partial charge is 0.326 e. The summed E-state index contributed by atoms with van der Waals surface area (Å²) in [6.07, 6.45) is 2.01. The molecular formula is C12H16ClFN2. The SMILES string of the molecule is CN1CCCC(N)C1c1ccc(Cl)cc1F. The Morgan fingerprint density at radius 3 is 2.88 bits per heavy atom. The van der Waals surface area contributed by atoms with Crippen LogP contribution in [0.1, 0.15) is 24.4 Å². The Balaban J connectivity index is 2.34. The van der Waals surface area contributed by atoms with Crippen LogP contribution in [0.3, 0.4) is 0 Å². The maximum Gasteiger partial charge on any atom is 0.129 e. The summed E-state index contributed by atoms with van der Waals surface area (Å²) < 4.78 is 13.8. The predicted octanol–water partition coefficient (Wildman–Crippen LogP) is 2.57. The number of likely N-dealkylation sites (N-methyl/N-ethyl adjacent to an activating group) is 1. The van der Waals surface area contributed by atoms with E-state index in [9.17, 15) is 4.39 Å². The van der Waals surface area contributed by atoms with Crippen molar-refractivity contribution in [3.8, 4) is 0 Å². The van der Waals surface area contributed by atoms with E-state index in [-0.39, 0.29) is 17.9 Å². The molecule has 0 aromatic heterocycles. The molecule has 88 valence electrons. The second kappa shape index (κ2) is 4.70. The van der Waals surface area contributed by atoms with Crippen LogP contribution in [0.2, 0.25) is 5.02 Å². The molecule has 2 atom stereocenters. The zero-order valence-corrected chi connectivity index (χ0v) is 10.0. The van der Waals surface area contributed by atoms with E-state index in [0.717, 1.165) is 19.4 Å². The summed E-state index contributed by atoms with van der Waals surface area (Å²) in [7, 11) is 1.98. The molecule has 0 aliphatic carbocycles. The van der Waals surface area contributed by atoms with Crippen molar-refractivity contribution in [2.45, 2.75) is 24.9 Å². The van der Waals surface area contributed by atoms with E-state index in [1.54, 1.807) is 12.1 Å². The fourth-order valence-corrected chi connectivity index (χ4v) is 2.57. The van der Waals surface area contributed by atoms with E-state index in [4.69, 9.17) is 17.3 Å². The molecule has 4 heteroatoms. The Morgan fingerprint density at radius 2 is 2.25 bits per heavy atom. The third-order valence-electron chi connectivity index (χ3n) is 3.21. The Kier molecular flexibility index (Phi) is 3.47. The van der Waals surface area contributed by atoms with E-state index >= 15 is 0 Å². The van der Waals surface area contributed by atoms with Crippen LogP contribution in [0.5, 0.6) is 0 Å². The van der Waals surface area contributed by atoms with E-state index in [0.29, 0.717) is 10.6 Å². The van der Waals surface area contributed by atoms with Gasteiger partial charge in [-0.05, 0) is 38.6 Å². The van der Waals surface area contributed by atoms with Crippen LogP contribution in [0, 0.1) is 5.82 Å². The Bertz CT molecular complexity index is 373. The molecule has 1 aliphatic rings. The summed E-state index contributed by atoms with van der Waals surface area (Å²) in [4.78, 5) is 2.11. The van der Waals surface area contributed by atoms with Crippen molar-refractivity contribution in [3.05, 3.63) is 34.6 Å². The molecule has 2 unspecified atom stereocenters. The first-order valence-electron chi connectivity index (χ1n) is 5.50. The number of benzene rings is 1. The lowest BCUT2D eigenvalue weighted by molar-refractivity contribution is 0.159. The summed E-state index contributed by atoms with van der Waals surface area (Å²) in [6.45, 7) is 0.959. The maximum atomic E-state index is 13.8. The zero-order chi connectivity index (χ0) is 11.7. The monoisotopic (exact) mass is 242 g/mol. The van der Waals surface area contributed by atoms with Crippen LogP contribution in [-0.4, -0.2) is 24.5 Å². The summed E-state index contributed by atoms with van der Waals surface area (Å²) in [6, 6.07) is 4.77. The zero-order valence-electron chi connectivity index (χ0n) is 9.29. The van der Waals surface area contributed by atoms with Gasteiger partial charge < -0.3 is 5.73 Å². The summed E-state index contributed by atoms with van der Waals surface area (Å²) >= 11 is 5.74. The number of likely N-dealkylation sites (tertiary alicyclic amines) is 1. The van der Waals surface area contributed by atoms with E-state index in [1.165, 1.54) is 6.07 Å². The van der Waals surface area contributed by atoms with Gasteiger partial charge in [0.2, 0.25) is 0 Å². The normalized spacial score (nSPS) is 27.0. The summed E-state index contributed by atoms with van der Waals surface area (Å²) in [5.41, 5.74) is 6.72. The summed E-state index contributed by atoms with van der Waals surface area (Å²) in [5.74, 6) is -0.262. The van der Waals surface area contributed by atoms with Gasteiger partial charge in [-0.1, -0.05) is 17.7 Å². The third kappa shape index (κ3) is 2.21. The van der Waals surface area contributed by atoms with Crippen LogP contribution in [-0.2, 0) is 0 Å². The highest BCUT2D eigenvalue weighted by Crippen LogP contribution is 2.31. The fourth-order valence-electron chi connectivity index (χ4n) is 2.41. The molecule has 1 aromatic rings. The predicted molar refractivity (Wildman–Crippen MR) is 64.0 cm³/mol. The van der Waals surface area contributed by atoms with Crippen LogP contribution < -0.4 is 5.73 Å². The molecular weight excluding hydrogens is 227 g/mol. The second-order valence-corrected chi connectivity index (χ2v) is 4.83. The highest BCUT2D eigenvalue weighted by Gasteiger charge is 2.29. The van der Waals surface area contributed by atoms with Crippen molar-refractivity contribution in [1.82, 2.24) is 4.90 Å². The maximum absolute atomic E-state index is 13.8. The number of piperidine rings is 1. The van der Waals surface area contributed by atoms with Gasteiger partial charge in [-0.2, -0.15) is 0 Å². The number of rotatable bonds is 1. The van der Waals surface area contributed by atoms with E-state index < -0.39 is 0 Å². The number of hydrogen-bond donors (Lipinski definition) is 1. The number of nitrogens with zero attached hydrogens (tertiary/aromatic N) is 1.